The minimum Gasteiger partial charge on any atom is -0.478 e. The summed E-state index contributed by atoms with van der Waals surface area (Å²) < 4.78 is 10.2. The molecule has 7 atom stereocenters. The normalized spacial score (nSPS) is 44.2. The topological polar surface area (TPSA) is 157 Å². The van der Waals surface area contributed by atoms with Gasteiger partial charge in [-0.2, -0.15) is 0 Å². The second-order valence-corrected chi connectivity index (χ2v) is 5.11. The highest BCUT2D eigenvalue weighted by Crippen LogP contribution is 2.26. The van der Waals surface area contributed by atoms with E-state index in [2.05, 4.69) is 0 Å². The number of hydrogen-bond acceptors (Lipinski definition) is 8. The SMILES string of the molecule is O=C(O)C1=CC(O)C(OC2OCC(O)C(O)C2O)C(O)C1. The van der Waals surface area contributed by atoms with E-state index in [1.807, 2.05) is 0 Å². The number of carboxylic acids is 1. The van der Waals surface area contributed by atoms with Crippen molar-refractivity contribution in [3.05, 3.63) is 11.6 Å². The van der Waals surface area contributed by atoms with Crippen molar-refractivity contribution < 1.29 is 44.9 Å². The first-order valence-corrected chi connectivity index (χ1v) is 6.42. The minimum atomic E-state index is -1.56. The molecule has 0 radical (unpaired) electrons. The van der Waals surface area contributed by atoms with Gasteiger partial charge < -0.3 is 40.1 Å². The third-order valence-electron chi connectivity index (χ3n) is 3.54. The maximum absolute atomic E-state index is 10.8. The van der Waals surface area contributed by atoms with Gasteiger partial charge in [0, 0.05) is 12.0 Å². The average Bonchev–Trinajstić information content (AvgIpc) is 2.42. The summed E-state index contributed by atoms with van der Waals surface area (Å²) in [6.45, 7) is -0.280. The molecule has 1 aliphatic carbocycles. The molecule has 1 saturated heterocycles. The number of aliphatic hydroxyl groups excluding tert-OH is 5. The molecule has 0 spiro atoms. The molecule has 0 bridgehead atoms. The third-order valence-corrected chi connectivity index (χ3v) is 3.54. The van der Waals surface area contributed by atoms with Gasteiger partial charge in [-0.25, -0.2) is 4.79 Å². The highest BCUT2D eigenvalue weighted by Gasteiger charge is 2.43. The quantitative estimate of drug-likeness (QED) is 0.318. The van der Waals surface area contributed by atoms with Crippen LogP contribution < -0.4 is 0 Å². The zero-order valence-corrected chi connectivity index (χ0v) is 10.9. The van der Waals surface area contributed by atoms with Crippen molar-refractivity contribution in [3.8, 4) is 0 Å². The van der Waals surface area contributed by atoms with Gasteiger partial charge in [-0.05, 0) is 6.08 Å². The van der Waals surface area contributed by atoms with Crippen molar-refractivity contribution in [2.24, 2.45) is 0 Å². The summed E-state index contributed by atoms with van der Waals surface area (Å²) in [6.07, 6.45) is -8.77. The zero-order valence-electron chi connectivity index (χ0n) is 10.9. The van der Waals surface area contributed by atoms with Crippen LogP contribution in [0.15, 0.2) is 11.6 Å². The molecule has 120 valence electrons. The van der Waals surface area contributed by atoms with E-state index in [1.54, 1.807) is 0 Å². The highest BCUT2D eigenvalue weighted by atomic mass is 16.7. The molecule has 7 unspecified atom stereocenters. The Hall–Kier alpha value is -1.07. The molecule has 6 N–H and O–H groups in total. The van der Waals surface area contributed by atoms with Crippen LogP contribution in [-0.2, 0) is 14.3 Å². The molecule has 1 aliphatic heterocycles. The van der Waals surface area contributed by atoms with Crippen molar-refractivity contribution >= 4 is 5.97 Å². The first-order chi connectivity index (χ1) is 9.81. The molecule has 0 aromatic carbocycles. The first kappa shape index (κ1) is 16.3. The largest absolute Gasteiger partial charge is 0.478 e. The molecule has 1 heterocycles. The summed E-state index contributed by atoms with van der Waals surface area (Å²) in [5.41, 5.74) is -0.143. The number of hydrogen-bond donors (Lipinski definition) is 6. The summed E-state index contributed by atoms with van der Waals surface area (Å²) in [7, 11) is 0. The molecule has 2 aliphatic rings. The number of rotatable bonds is 3. The minimum absolute atomic E-state index is 0.143. The van der Waals surface area contributed by atoms with Crippen LogP contribution in [-0.4, -0.2) is 86.1 Å². The lowest BCUT2D eigenvalue weighted by Gasteiger charge is -2.39. The Morgan fingerprint density at radius 2 is 1.81 bits per heavy atom. The maximum atomic E-state index is 10.8. The van der Waals surface area contributed by atoms with Gasteiger partial charge in [0.15, 0.2) is 6.29 Å². The maximum Gasteiger partial charge on any atom is 0.331 e. The van der Waals surface area contributed by atoms with E-state index in [-0.39, 0.29) is 18.6 Å². The van der Waals surface area contributed by atoms with Crippen LogP contribution >= 0.6 is 0 Å². The Balaban J connectivity index is 2.04. The zero-order chi connectivity index (χ0) is 15.7. The Bertz CT molecular complexity index is 423. The molecule has 21 heavy (non-hydrogen) atoms. The van der Waals surface area contributed by atoms with E-state index in [0.717, 1.165) is 6.08 Å². The average molecular weight is 306 g/mol. The molecule has 9 heteroatoms. The van der Waals surface area contributed by atoms with E-state index in [9.17, 15) is 30.3 Å². The lowest BCUT2D eigenvalue weighted by molar-refractivity contribution is -0.297. The predicted molar refractivity (Wildman–Crippen MR) is 65.0 cm³/mol. The van der Waals surface area contributed by atoms with Crippen LogP contribution in [0.4, 0.5) is 0 Å². The van der Waals surface area contributed by atoms with E-state index < -0.39 is 48.9 Å². The van der Waals surface area contributed by atoms with Crippen molar-refractivity contribution in [1.82, 2.24) is 0 Å². The van der Waals surface area contributed by atoms with Crippen molar-refractivity contribution in [3.63, 3.8) is 0 Å². The van der Waals surface area contributed by atoms with E-state index in [0.29, 0.717) is 0 Å². The van der Waals surface area contributed by atoms with Gasteiger partial charge in [0.1, 0.15) is 30.5 Å². The number of aliphatic hydroxyl groups is 5. The monoisotopic (exact) mass is 306 g/mol. The second kappa shape index (κ2) is 6.36. The fourth-order valence-electron chi connectivity index (χ4n) is 2.32. The summed E-state index contributed by atoms with van der Waals surface area (Å²) in [4.78, 5) is 10.8. The van der Waals surface area contributed by atoms with E-state index in [1.165, 1.54) is 0 Å². The lowest BCUT2D eigenvalue weighted by Crippen LogP contribution is -2.56. The van der Waals surface area contributed by atoms with Crippen LogP contribution in [0.25, 0.3) is 0 Å². The molecule has 1 fully saturated rings. The second-order valence-electron chi connectivity index (χ2n) is 5.11. The molecule has 2 rings (SSSR count). The fourth-order valence-corrected chi connectivity index (χ4v) is 2.32. The Morgan fingerprint density at radius 1 is 1.14 bits per heavy atom. The van der Waals surface area contributed by atoms with Gasteiger partial charge >= 0.3 is 5.97 Å². The van der Waals surface area contributed by atoms with Crippen molar-refractivity contribution in [1.29, 1.82) is 0 Å². The van der Waals surface area contributed by atoms with Crippen molar-refractivity contribution in [2.45, 2.75) is 49.3 Å². The summed E-state index contributed by atoms with van der Waals surface area (Å²) >= 11 is 0. The van der Waals surface area contributed by atoms with Gasteiger partial charge in [0.25, 0.3) is 0 Å². The number of carboxylic acid groups (broad SMARTS) is 1. The summed E-state index contributed by atoms with van der Waals surface area (Å²) in [5, 5.41) is 57.0. The van der Waals surface area contributed by atoms with Gasteiger partial charge in [0.2, 0.25) is 0 Å². The predicted octanol–water partition coefficient (Wildman–Crippen LogP) is -3.05. The molecular weight excluding hydrogens is 288 g/mol. The van der Waals surface area contributed by atoms with Gasteiger partial charge in [-0.3, -0.25) is 0 Å². The van der Waals surface area contributed by atoms with Crippen molar-refractivity contribution in [2.75, 3.05) is 6.61 Å². The van der Waals surface area contributed by atoms with Crippen LogP contribution in [0, 0.1) is 0 Å². The number of carbonyl (C=O) groups is 1. The lowest BCUT2D eigenvalue weighted by atomic mass is 9.92. The summed E-state index contributed by atoms with van der Waals surface area (Å²) in [5.74, 6) is -1.25. The standard InChI is InChI=1S/C12H18O9/c13-5-1-4(11(18)19)2-6(14)10(5)21-12-9(17)8(16)7(15)3-20-12/h1,5-10,12-17H,2-3H2,(H,18,19). The molecule has 0 aromatic rings. The van der Waals surface area contributed by atoms with Crippen LogP contribution in [0.1, 0.15) is 6.42 Å². The molecule has 0 amide bonds. The molecule has 0 aromatic heterocycles. The van der Waals surface area contributed by atoms with Crippen LogP contribution in [0.2, 0.25) is 0 Å². The van der Waals surface area contributed by atoms with Crippen LogP contribution in [0.3, 0.4) is 0 Å². The number of ether oxygens (including phenoxy) is 2. The van der Waals surface area contributed by atoms with E-state index in [4.69, 9.17) is 14.6 Å². The Morgan fingerprint density at radius 3 is 2.38 bits per heavy atom. The summed E-state index contributed by atoms with van der Waals surface area (Å²) in [6, 6.07) is 0. The number of aliphatic carboxylic acids is 1. The fraction of sp³-hybridized carbons (Fsp3) is 0.750. The smallest absolute Gasteiger partial charge is 0.331 e. The third kappa shape index (κ3) is 3.40. The van der Waals surface area contributed by atoms with E-state index >= 15 is 0 Å². The Kier molecular flexibility index (Phi) is 4.94. The van der Waals surface area contributed by atoms with Gasteiger partial charge in [-0.1, -0.05) is 0 Å². The van der Waals surface area contributed by atoms with Gasteiger partial charge in [-0.15, -0.1) is 0 Å². The van der Waals surface area contributed by atoms with Crippen LogP contribution in [0.5, 0.6) is 0 Å². The molecular formula is C12H18O9. The first-order valence-electron chi connectivity index (χ1n) is 6.42. The molecule has 0 saturated carbocycles. The molecule has 9 nitrogen and oxygen atoms in total. The Labute approximate surface area is 119 Å². The highest BCUT2D eigenvalue weighted by molar-refractivity contribution is 5.87. The van der Waals surface area contributed by atoms with Gasteiger partial charge in [0.05, 0.1) is 12.7 Å².